The number of aliphatic hydroxyl groups is 1. The van der Waals surface area contributed by atoms with Gasteiger partial charge in [-0.15, -0.1) is 0 Å². The molecule has 0 aliphatic carbocycles. The minimum Gasteiger partial charge on any atom is -0.387 e. The predicted octanol–water partition coefficient (Wildman–Crippen LogP) is 2.78. The van der Waals surface area contributed by atoms with E-state index >= 15 is 0 Å². The van der Waals surface area contributed by atoms with Crippen molar-refractivity contribution >= 4 is 15.9 Å². The van der Waals surface area contributed by atoms with E-state index in [0.717, 1.165) is 10.0 Å². The van der Waals surface area contributed by atoms with E-state index in [-0.39, 0.29) is 0 Å². The molecule has 1 aromatic rings. The lowest BCUT2D eigenvalue weighted by molar-refractivity contribution is -0.0333. The fraction of sp³-hybridized carbons (Fsp3) is 0.500. The third-order valence-corrected chi connectivity index (χ3v) is 3.05. The maximum Gasteiger partial charge on any atom is 0.0917 e. The molecule has 3 heteroatoms. The second-order valence-electron chi connectivity index (χ2n) is 3.81. The summed E-state index contributed by atoms with van der Waals surface area (Å²) in [6.45, 7) is 2.34. The van der Waals surface area contributed by atoms with E-state index in [0.29, 0.717) is 19.4 Å². The van der Waals surface area contributed by atoms with Crippen molar-refractivity contribution in [1.29, 1.82) is 0 Å². The van der Waals surface area contributed by atoms with Gasteiger partial charge in [0.05, 0.1) is 12.2 Å². The van der Waals surface area contributed by atoms with E-state index in [2.05, 4.69) is 15.9 Å². The van der Waals surface area contributed by atoms with Gasteiger partial charge in [0.2, 0.25) is 0 Å². The number of benzene rings is 1. The Bertz CT molecular complexity index is 297. The second-order valence-corrected chi connectivity index (χ2v) is 4.73. The molecule has 1 N–H and O–H groups in total. The fourth-order valence-corrected chi connectivity index (χ4v) is 1.79. The maximum absolute atomic E-state index is 10.2. The molecular weight excluding hydrogens is 256 g/mol. The lowest BCUT2D eigenvalue weighted by Gasteiger charge is -2.25. The van der Waals surface area contributed by atoms with Gasteiger partial charge in [0.25, 0.3) is 0 Å². The van der Waals surface area contributed by atoms with Crippen molar-refractivity contribution < 1.29 is 9.84 Å². The van der Waals surface area contributed by atoms with Gasteiger partial charge in [0.15, 0.2) is 0 Å². The zero-order chi connectivity index (χ0) is 11.3. The average Bonchev–Trinajstić information content (AvgIpc) is 2.22. The van der Waals surface area contributed by atoms with Crippen molar-refractivity contribution in [2.24, 2.45) is 0 Å². The summed E-state index contributed by atoms with van der Waals surface area (Å²) in [7, 11) is 1.61. The molecule has 0 aliphatic heterocycles. The molecule has 0 amide bonds. The Morgan fingerprint density at radius 3 is 2.40 bits per heavy atom. The zero-order valence-electron chi connectivity index (χ0n) is 9.16. The van der Waals surface area contributed by atoms with Crippen molar-refractivity contribution in [3.05, 3.63) is 34.3 Å². The Hall–Kier alpha value is -0.380. The lowest BCUT2D eigenvalue weighted by atomic mass is 9.93. The summed E-state index contributed by atoms with van der Waals surface area (Å²) < 4.78 is 6.09. The SMILES string of the molecule is CCC(O)(COC)Cc1ccc(Br)cc1. The highest BCUT2D eigenvalue weighted by atomic mass is 79.9. The zero-order valence-corrected chi connectivity index (χ0v) is 10.8. The number of methoxy groups -OCH3 is 1. The normalized spacial score (nSPS) is 14.9. The predicted molar refractivity (Wildman–Crippen MR) is 65.0 cm³/mol. The van der Waals surface area contributed by atoms with Crippen LogP contribution in [0.25, 0.3) is 0 Å². The minimum atomic E-state index is -0.747. The third kappa shape index (κ3) is 3.93. The van der Waals surface area contributed by atoms with Crippen LogP contribution in [0.4, 0.5) is 0 Å². The van der Waals surface area contributed by atoms with Crippen molar-refractivity contribution in [3.8, 4) is 0 Å². The summed E-state index contributed by atoms with van der Waals surface area (Å²) in [6.07, 6.45) is 1.32. The Kier molecular flexibility index (Phi) is 4.77. The highest BCUT2D eigenvalue weighted by Gasteiger charge is 2.24. The first kappa shape index (κ1) is 12.7. The molecule has 1 unspecified atom stereocenters. The van der Waals surface area contributed by atoms with Crippen LogP contribution in [-0.4, -0.2) is 24.4 Å². The van der Waals surface area contributed by atoms with Gasteiger partial charge in [-0.2, -0.15) is 0 Å². The molecule has 0 spiro atoms. The quantitative estimate of drug-likeness (QED) is 0.893. The molecule has 2 nitrogen and oxygen atoms in total. The summed E-state index contributed by atoms with van der Waals surface area (Å²) in [5.41, 5.74) is 0.377. The molecule has 1 aromatic carbocycles. The molecule has 0 fully saturated rings. The first-order chi connectivity index (χ1) is 7.09. The smallest absolute Gasteiger partial charge is 0.0917 e. The molecule has 0 saturated carbocycles. The summed E-state index contributed by atoms with van der Waals surface area (Å²) in [4.78, 5) is 0. The van der Waals surface area contributed by atoms with E-state index in [1.54, 1.807) is 7.11 Å². The van der Waals surface area contributed by atoms with Crippen LogP contribution in [0.5, 0.6) is 0 Å². The van der Waals surface area contributed by atoms with Crippen LogP contribution in [0.1, 0.15) is 18.9 Å². The summed E-state index contributed by atoms with van der Waals surface area (Å²) in [6, 6.07) is 8.00. The van der Waals surface area contributed by atoms with Gasteiger partial charge in [-0.3, -0.25) is 0 Å². The van der Waals surface area contributed by atoms with Gasteiger partial charge >= 0.3 is 0 Å². The minimum absolute atomic E-state index is 0.375. The highest BCUT2D eigenvalue weighted by Crippen LogP contribution is 2.19. The summed E-state index contributed by atoms with van der Waals surface area (Å²) in [5, 5.41) is 10.2. The first-order valence-electron chi connectivity index (χ1n) is 5.05. The Morgan fingerprint density at radius 1 is 1.33 bits per heavy atom. The fourth-order valence-electron chi connectivity index (χ4n) is 1.53. The van der Waals surface area contributed by atoms with E-state index in [4.69, 9.17) is 4.74 Å². The summed E-state index contributed by atoms with van der Waals surface area (Å²) >= 11 is 3.39. The van der Waals surface area contributed by atoms with Crippen molar-refractivity contribution in [2.45, 2.75) is 25.4 Å². The van der Waals surface area contributed by atoms with Gasteiger partial charge in [0, 0.05) is 18.0 Å². The standard InChI is InChI=1S/C12H17BrO2/c1-3-12(14,9-15-2)8-10-4-6-11(13)7-5-10/h4-7,14H,3,8-9H2,1-2H3. The average molecular weight is 273 g/mol. The van der Waals surface area contributed by atoms with Gasteiger partial charge in [-0.25, -0.2) is 0 Å². The molecule has 0 aromatic heterocycles. The number of halogens is 1. The van der Waals surface area contributed by atoms with E-state index < -0.39 is 5.60 Å². The largest absolute Gasteiger partial charge is 0.387 e. The number of hydrogen-bond donors (Lipinski definition) is 1. The molecule has 84 valence electrons. The highest BCUT2D eigenvalue weighted by molar-refractivity contribution is 9.10. The maximum atomic E-state index is 10.2. The third-order valence-electron chi connectivity index (χ3n) is 2.52. The van der Waals surface area contributed by atoms with Crippen molar-refractivity contribution in [3.63, 3.8) is 0 Å². The Labute approximate surface area is 99.4 Å². The van der Waals surface area contributed by atoms with Gasteiger partial charge < -0.3 is 9.84 Å². The molecule has 0 heterocycles. The van der Waals surface area contributed by atoms with Crippen LogP contribution in [-0.2, 0) is 11.2 Å². The van der Waals surface area contributed by atoms with Crippen molar-refractivity contribution in [2.75, 3.05) is 13.7 Å². The molecule has 0 aliphatic rings. The number of ether oxygens (including phenoxy) is 1. The van der Waals surface area contributed by atoms with Crippen molar-refractivity contribution in [1.82, 2.24) is 0 Å². The van der Waals surface area contributed by atoms with Crippen LogP contribution in [0.3, 0.4) is 0 Å². The van der Waals surface area contributed by atoms with E-state index in [1.807, 2.05) is 31.2 Å². The van der Waals surface area contributed by atoms with Crippen LogP contribution in [0.2, 0.25) is 0 Å². The molecule has 1 atom stereocenters. The first-order valence-corrected chi connectivity index (χ1v) is 5.85. The Morgan fingerprint density at radius 2 is 1.93 bits per heavy atom. The van der Waals surface area contributed by atoms with Crippen LogP contribution >= 0.6 is 15.9 Å². The van der Waals surface area contributed by atoms with Crippen LogP contribution in [0, 0.1) is 0 Å². The summed E-state index contributed by atoms with van der Waals surface area (Å²) in [5.74, 6) is 0. The topological polar surface area (TPSA) is 29.5 Å². The monoisotopic (exact) mass is 272 g/mol. The second kappa shape index (κ2) is 5.64. The molecular formula is C12H17BrO2. The van der Waals surface area contributed by atoms with E-state index in [9.17, 15) is 5.11 Å². The molecule has 0 saturated heterocycles. The Balaban J connectivity index is 2.70. The molecule has 0 bridgehead atoms. The van der Waals surface area contributed by atoms with Crippen LogP contribution in [0.15, 0.2) is 28.7 Å². The molecule has 15 heavy (non-hydrogen) atoms. The van der Waals surface area contributed by atoms with Gasteiger partial charge in [-0.05, 0) is 24.1 Å². The number of hydrogen-bond acceptors (Lipinski definition) is 2. The number of rotatable bonds is 5. The van der Waals surface area contributed by atoms with E-state index in [1.165, 1.54) is 0 Å². The van der Waals surface area contributed by atoms with Crippen LogP contribution < -0.4 is 0 Å². The van der Waals surface area contributed by atoms with Gasteiger partial charge in [0.1, 0.15) is 0 Å². The molecule has 0 radical (unpaired) electrons. The van der Waals surface area contributed by atoms with Gasteiger partial charge in [-0.1, -0.05) is 35.0 Å². The molecule has 1 rings (SSSR count). The lowest BCUT2D eigenvalue weighted by Crippen LogP contribution is -2.35.